The summed E-state index contributed by atoms with van der Waals surface area (Å²) in [6.07, 6.45) is 2.30. The number of aryl methyl sites for hydroxylation is 1. The number of anilines is 1. The van der Waals surface area contributed by atoms with Crippen LogP contribution in [-0.4, -0.2) is 20.6 Å². The lowest BCUT2D eigenvalue weighted by Gasteiger charge is -2.27. The first kappa shape index (κ1) is 15.2. The molecule has 0 saturated carbocycles. The number of nitrogens with zero attached hydrogens (tertiary/aromatic N) is 1. The Balaban J connectivity index is 1.89. The van der Waals surface area contributed by atoms with Crippen LogP contribution in [0.15, 0.2) is 36.4 Å². The van der Waals surface area contributed by atoms with Gasteiger partial charge in [-0.25, -0.2) is 0 Å². The van der Waals surface area contributed by atoms with E-state index >= 15 is 0 Å². The minimum absolute atomic E-state index is 0.688. The van der Waals surface area contributed by atoms with Gasteiger partial charge in [0.05, 0.1) is 0 Å². The summed E-state index contributed by atoms with van der Waals surface area (Å²) >= 11 is 6.11. The molecule has 0 aliphatic carbocycles. The van der Waals surface area contributed by atoms with Crippen LogP contribution in [-0.2, 0) is 13.0 Å². The van der Waals surface area contributed by atoms with Gasteiger partial charge < -0.3 is 15.0 Å². The number of rotatable bonds is 4. The standard InChI is InChI=1S/C18H21ClN2O/c1-20-12-14-5-6-15(19)11-18(14)22-16-7-8-17-13(10-16)4-3-9-21(17)2/h5-8,10-11,20H,3-4,9,12H2,1-2H3. The highest BCUT2D eigenvalue weighted by Crippen LogP contribution is 2.33. The Kier molecular flexibility index (Phi) is 4.55. The fourth-order valence-corrected chi connectivity index (χ4v) is 3.07. The Morgan fingerprint density at radius 2 is 2.09 bits per heavy atom. The van der Waals surface area contributed by atoms with Crippen LogP contribution in [0.1, 0.15) is 17.5 Å². The highest BCUT2D eigenvalue weighted by Gasteiger charge is 2.15. The van der Waals surface area contributed by atoms with Crippen LogP contribution in [0, 0.1) is 0 Å². The van der Waals surface area contributed by atoms with E-state index in [0.29, 0.717) is 5.02 Å². The van der Waals surface area contributed by atoms with Crippen molar-refractivity contribution in [3.8, 4) is 11.5 Å². The highest BCUT2D eigenvalue weighted by molar-refractivity contribution is 6.30. The Morgan fingerprint density at radius 1 is 1.23 bits per heavy atom. The van der Waals surface area contributed by atoms with Gasteiger partial charge >= 0.3 is 0 Å². The number of hydrogen-bond donors (Lipinski definition) is 1. The van der Waals surface area contributed by atoms with Crippen molar-refractivity contribution < 1.29 is 4.74 Å². The zero-order chi connectivity index (χ0) is 15.5. The fourth-order valence-electron chi connectivity index (χ4n) is 2.91. The van der Waals surface area contributed by atoms with Gasteiger partial charge in [0.15, 0.2) is 0 Å². The van der Waals surface area contributed by atoms with E-state index in [9.17, 15) is 0 Å². The van der Waals surface area contributed by atoms with E-state index in [0.717, 1.165) is 36.6 Å². The Morgan fingerprint density at radius 3 is 2.91 bits per heavy atom. The van der Waals surface area contributed by atoms with E-state index in [-0.39, 0.29) is 0 Å². The fraction of sp³-hybridized carbons (Fsp3) is 0.333. The number of nitrogens with one attached hydrogen (secondary N) is 1. The van der Waals surface area contributed by atoms with Crippen LogP contribution in [0.4, 0.5) is 5.69 Å². The van der Waals surface area contributed by atoms with Crippen LogP contribution < -0.4 is 15.0 Å². The van der Waals surface area contributed by atoms with Gasteiger partial charge in [0.25, 0.3) is 0 Å². The van der Waals surface area contributed by atoms with Crippen molar-refractivity contribution in [1.29, 1.82) is 0 Å². The number of halogens is 1. The van der Waals surface area contributed by atoms with Gasteiger partial charge in [0.1, 0.15) is 11.5 Å². The second kappa shape index (κ2) is 6.59. The average Bonchev–Trinajstić information content (AvgIpc) is 2.50. The Hall–Kier alpha value is -1.71. The lowest BCUT2D eigenvalue weighted by molar-refractivity contribution is 0.473. The molecule has 1 N–H and O–H groups in total. The smallest absolute Gasteiger partial charge is 0.133 e. The molecule has 0 spiro atoms. The van der Waals surface area contributed by atoms with Crippen molar-refractivity contribution in [2.45, 2.75) is 19.4 Å². The predicted octanol–water partition coefficient (Wildman–Crippen LogP) is 4.23. The van der Waals surface area contributed by atoms with Crippen molar-refractivity contribution in [3.63, 3.8) is 0 Å². The molecule has 2 aromatic carbocycles. The molecule has 0 aromatic heterocycles. The largest absolute Gasteiger partial charge is 0.457 e. The van der Waals surface area contributed by atoms with Gasteiger partial charge in [0.2, 0.25) is 0 Å². The van der Waals surface area contributed by atoms with E-state index in [1.807, 2.05) is 31.3 Å². The normalized spacial score (nSPS) is 13.9. The second-order valence-corrected chi connectivity index (χ2v) is 6.14. The molecule has 4 heteroatoms. The molecule has 116 valence electrons. The molecule has 3 rings (SSSR count). The number of ether oxygens (including phenoxy) is 1. The molecular weight excluding hydrogens is 296 g/mol. The molecule has 0 unspecified atom stereocenters. The summed E-state index contributed by atoms with van der Waals surface area (Å²) in [5.41, 5.74) is 3.75. The molecule has 0 saturated heterocycles. The van der Waals surface area contributed by atoms with Crippen LogP contribution in [0.3, 0.4) is 0 Å². The van der Waals surface area contributed by atoms with E-state index < -0.39 is 0 Å². The van der Waals surface area contributed by atoms with Gasteiger partial charge in [-0.05, 0) is 55.8 Å². The SMILES string of the molecule is CNCc1ccc(Cl)cc1Oc1ccc2c(c1)CCCN2C. The number of benzene rings is 2. The zero-order valence-electron chi connectivity index (χ0n) is 13.0. The molecule has 3 nitrogen and oxygen atoms in total. The summed E-state index contributed by atoms with van der Waals surface area (Å²) in [7, 11) is 4.06. The summed E-state index contributed by atoms with van der Waals surface area (Å²) < 4.78 is 6.10. The van der Waals surface area contributed by atoms with Gasteiger partial charge in [0, 0.05) is 36.4 Å². The number of hydrogen-bond acceptors (Lipinski definition) is 3. The van der Waals surface area contributed by atoms with Crippen molar-refractivity contribution >= 4 is 17.3 Å². The molecule has 0 fully saturated rings. The maximum atomic E-state index is 6.11. The van der Waals surface area contributed by atoms with Gasteiger partial charge in [-0.2, -0.15) is 0 Å². The Labute approximate surface area is 136 Å². The summed E-state index contributed by atoms with van der Waals surface area (Å²) in [5.74, 6) is 1.68. The molecule has 2 aromatic rings. The predicted molar refractivity (Wildman–Crippen MR) is 92.3 cm³/mol. The van der Waals surface area contributed by atoms with Crippen LogP contribution >= 0.6 is 11.6 Å². The van der Waals surface area contributed by atoms with Gasteiger partial charge in [-0.1, -0.05) is 17.7 Å². The highest BCUT2D eigenvalue weighted by atomic mass is 35.5. The first-order valence-electron chi connectivity index (χ1n) is 7.62. The van der Waals surface area contributed by atoms with Crippen molar-refractivity contribution in [1.82, 2.24) is 5.32 Å². The molecule has 0 bridgehead atoms. The van der Waals surface area contributed by atoms with Gasteiger partial charge in [-0.3, -0.25) is 0 Å². The third-order valence-electron chi connectivity index (χ3n) is 4.03. The third-order valence-corrected chi connectivity index (χ3v) is 4.26. The molecule has 0 amide bonds. The molecular formula is C18H21ClN2O. The minimum atomic E-state index is 0.688. The molecule has 22 heavy (non-hydrogen) atoms. The molecule has 0 atom stereocenters. The summed E-state index contributed by atoms with van der Waals surface area (Å²) in [4.78, 5) is 2.30. The quantitative estimate of drug-likeness (QED) is 0.913. The summed E-state index contributed by atoms with van der Waals surface area (Å²) in [6, 6.07) is 12.1. The van der Waals surface area contributed by atoms with Crippen LogP contribution in [0.2, 0.25) is 5.02 Å². The average molecular weight is 317 g/mol. The molecule has 1 aliphatic heterocycles. The number of fused-ring (bicyclic) bond motifs is 1. The van der Waals surface area contributed by atoms with E-state index in [4.69, 9.17) is 16.3 Å². The first-order valence-corrected chi connectivity index (χ1v) is 8.00. The van der Waals surface area contributed by atoms with Crippen molar-refractivity contribution in [2.24, 2.45) is 0 Å². The van der Waals surface area contributed by atoms with E-state index in [2.05, 4.69) is 29.4 Å². The Bertz CT molecular complexity index is 672. The van der Waals surface area contributed by atoms with E-state index in [1.165, 1.54) is 17.7 Å². The molecule has 1 heterocycles. The lowest BCUT2D eigenvalue weighted by Crippen LogP contribution is -2.24. The van der Waals surface area contributed by atoms with Crippen LogP contribution in [0.5, 0.6) is 11.5 Å². The summed E-state index contributed by atoms with van der Waals surface area (Å²) in [6.45, 7) is 1.87. The molecule has 0 radical (unpaired) electrons. The minimum Gasteiger partial charge on any atom is -0.457 e. The van der Waals surface area contributed by atoms with Gasteiger partial charge in [-0.15, -0.1) is 0 Å². The topological polar surface area (TPSA) is 24.5 Å². The lowest BCUT2D eigenvalue weighted by atomic mass is 10.0. The third kappa shape index (κ3) is 3.21. The second-order valence-electron chi connectivity index (χ2n) is 5.70. The summed E-state index contributed by atoms with van der Waals surface area (Å²) in [5, 5.41) is 3.84. The van der Waals surface area contributed by atoms with Crippen molar-refractivity contribution in [3.05, 3.63) is 52.5 Å². The first-order chi connectivity index (χ1) is 10.7. The van der Waals surface area contributed by atoms with Crippen molar-refractivity contribution in [2.75, 3.05) is 25.5 Å². The maximum absolute atomic E-state index is 6.11. The zero-order valence-corrected chi connectivity index (χ0v) is 13.8. The molecule has 1 aliphatic rings. The maximum Gasteiger partial charge on any atom is 0.133 e. The van der Waals surface area contributed by atoms with Crippen LogP contribution in [0.25, 0.3) is 0 Å². The van der Waals surface area contributed by atoms with E-state index in [1.54, 1.807) is 0 Å². The monoisotopic (exact) mass is 316 g/mol.